The summed E-state index contributed by atoms with van der Waals surface area (Å²) < 4.78 is 0. The van der Waals surface area contributed by atoms with Crippen LogP contribution in [0.5, 0.6) is 0 Å². The zero-order valence-corrected chi connectivity index (χ0v) is 12.0. The Labute approximate surface area is 114 Å². The molecule has 1 unspecified atom stereocenters. The van der Waals surface area contributed by atoms with Crippen molar-refractivity contribution in [1.82, 2.24) is 10.3 Å². The van der Waals surface area contributed by atoms with E-state index in [0.717, 1.165) is 12.8 Å². The maximum Gasteiger partial charge on any atom is 0.253 e. The molecule has 1 aromatic heterocycles. The van der Waals surface area contributed by atoms with E-state index >= 15 is 0 Å². The number of hydrogen-bond donors (Lipinski definition) is 1. The van der Waals surface area contributed by atoms with Crippen LogP contribution in [0.4, 0.5) is 0 Å². The molecular weight excluding hydrogens is 248 g/mol. The molecule has 3 nitrogen and oxygen atoms in total. The molecule has 0 saturated carbocycles. The highest BCUT2D eigenvalue weighted by Crippen LogP contribution is 2.09. The van der Waals surface area contributed by atoms with Gasteiger partial charge in [0.1, 0.15) is 5.15 Å². The zero-order chi connectivity index (χ0) is 13.5. The monoisotopic (exact) mass is 268 g/mol. The molecular formula is C14H21ClN2O. The third-order valence-electron chi connectivity index (χ3n) is 2.79. The Morgan fingerprint density at radius 3 is 2.61 bits per heavy atom. The van der Waals surface area contributed by atoms with Gasteiger partial charge in [-0.25, -0.2) is 4.98 Å². The first kappa shape index (κ1) is 15.0. The van der Waals surface area contributed by atoms with E-state index in [1.54, 1.807) is 12.1 Å². The number of halogens is 1. The maximum atomic E-state index is 11.9. The van der Waals surface area contributed by atoms with Gasteiger partial charge in [-0.1, -0.05) is 38.3 Å². The molecule has 4 heteroatoms. The van der Waals surface area contributed by atoms with Crippen molar-refractivity contribution in [3.05, 3.63) is 29.0 Å². The molecule has 0 spiro atoms. The molecule has 1 N–H and O–H groups in total. The summed E-state index contributed by atoms with van der Waals surface area (Å²) in [5.74, 6) is 0.629. The standard InChI is InChI=1S/C14H21ClN2O/c1-10(2)5-4-6-11(3)17-14(18)12-7-8-13(15)16-9-12/h7-11H,4-6H2,1-3H3,(H,17,18). The van der Waals surface area contributed by atoms with Crippen LogP contribution in [0.25, 0.3) is 0 Å². The van der Waals surface area contributed by atoms with E-state index in [2.05, 4.69) is 24.1 Å². The lowest BCUT2D eigenvalue weighted by atomic mass is 10.0. The fraction of sp³-hybridized carbons (Fsp3) is 0.571. The van der Waals surface area contributed by atoms with Crippen molar-refractivity contribution in [3.8, 4) is 0 Å². The van der Waals surface area contributed by atoms with Crippen LogP contribution in [-0.4, -0.2) is 16.9 Å². The van der Waals surface area contributed by atoms with Gasteiger partial charge in [0, 0.05) is 12.2 Å². The molecule has 0 fully saturated rings. The second-order valence-electron chi connectivity index (χ2n) is 5.07. The number of hydrogen-bond acceptors (Lipinski definition) is 2. The second kappa shape index (κ2) is 7.37. The summed E-state index contributed by atoms with van der Waals surface area (Å²) in [4.78, 5) is 15.8. The summed E-state index contributed by atoms with van der Waals surface area (Å²) in [6, 6.07) is 3.50. The zero-order valence-electron chi connectivity index (χ0n) is 11.2. The predicted molar refractivity (Wildman–Crippen MR) is 74.9 cm³/mol. The van der Waals surface area contributed by atoms with Crippen molar-refractivity contribution >= 4 is 17.5 Å². The molecule has 0 aliphatic carbocycles. The van der Waals surface area contributed by atoms with Gasteiger partial charge in [-0.3, -0.25) is 4.79 Å². The average molecular weight is 269 g/mol. The van der Waals surface area contributed by atoms with E-state index in [0.29, 0.717) is 16.6 Å². The Morgan fingerprint density at radius 2 is 2.06 bits per heavy atom. The first-order chi connectivity index (χ1) is 8.49. The van der Waals surface area contributed by atoms with Crippen LogP contribution in [0.1, 0.15) is 50.4 Å². The minimum Gasteiger partial charge on any atom is -0.350 e. The number of nitrogens with zero attached hydrogens (tertiary/aromatic N) is 1. The Bertz CT molecular complexity index is 376. The SMILES string of the molecule is CC(C)CCCC(C)NC(=O)c1ccc(Cl)nc1. The quantitative estimate of drug-likeness (QED) is 0.800. The van der Waals surface area contributed by atoms with Crippen molar-refractivity contribution < 1.29 is 4.79 Å². The fourth-order valence-corrected chi connectivity index (χ4v) is 1.83. The Morgan fingerprint density at radius 1 is 1.33 bits per heavy atom. The van der Waals surface area contributed by atoms with Gasteiger partial charge in [0.05, 0.1) is 5.56 Å². The third kappa shape index (κ3) is 5.50. The fourth-order valence-electron chi connectivity index (χ4n) is 1.72. The molecule has 0 aliphatic heterocycles. The summed E-state index contributed by atoms with van der Waals surface area (Å²) in [6.45, 7) is 6.45. The molecule has 100 valence electrons. The van der Waals surface area contributed by atoms with Crippen molar-refractivity contribution in [3.63, 3.8) is 0 Å². The molecule has 1 rings (SSSR count). The van der Waals surface area contributed by atoms with Gasteiger partial charge < -0.3 is 5.32 Å². The minimum atomic E-state index is -0.0868. The summed E-state index contributed by atoms with van der Waals surface area (Å²) in [5.41, 5.74) is 0.551. The molecule has 1 heterocycles. The number of carbonyl (C=O) groups is 1. The van der Waals surface area contributed by atoms with Gasteiger partial charge >= 0.3 is 0 Å². The van der Waals surface area contributed by atoms with Crippen LogP contribution < -0.4 is 5.32 Å². The van der Waals surface area contributed by atoms with Crippen LogP contribution >= 0.6 is 11.6 Å². The van der Waals surface area contributed by atoms with E-state index in [-0.39, 0.29) is 11.9 Å². The molecule has 0 saturated heterocycles. The van der Waals surface area contributed by atoms with Crippen molar-refractivity contribution in [2.45, 2.75) is 46.1 Å². The highest BCUT2D eigenvalue weighted by molar-refractivity contribution is 6.29. The second-order valence-corrected chi connectivity index (χ2v) is 5.46. The molecule has 0 aliphatic rings. The predicted octanol–water partition coefficient (Wildman–Crippen LogP) is 3.68. The number of carbonyl (C=O) groups excluding carboxylic acids is 1. The van der Waals surface area contributed by atoms with Crippen LogP contribution in [0, 0.1) is 5.92 Å². The number of pyridine rings is 1. The van der Waals surface area contributed by atoms with Gasteiger partial charge in [-0.2, -0.15) is 0 Å². The molecule has 1 amide bonds. The molecule has 0 aromatic carbocycles. The van der Waals surface area contributed by atoms with Crippen LogP contribution in [-0.2, 0) is 0 Å². The van der Waals surface area contributed by atoms with E-state index < -0.39 is 0 Å². The number of amides is 1. The third-order valence-corrected chi connectivity index (χ3v) is 3.01. The van der Waals surface area contributed by atoms with Crippen LogP contribution in [0.3, 0.4) is 0 Å². The summed E-state index contributed by atoms with van der Waals surface area (Å²) in [6.07, 6.45) is 4.84. The topological polar surface area (TPSA) is 42.0 Å². The van der Waals surface area contributed by atoms with Gasteiger partial charge in [0.25, 0.3) is 5.91 Å². The lowest BCUT2D eigenvalue weighted by molar-refractivity contribution is 0.0937. The lowest BCUT2D eigenvalue weighted by Crippen LogP contribution is -2.32. The summed E-state index contributed by atoms with van der Waals surface area (Å²) in [7, 11) is 0. The highest BCUT2D eigenvalue weighted by Gasteiger charge is 2.10. The first-order valence-corrected chi connectivity index (χ1v) is 6.79. The van der Waals surface area contributed by atoms with Gasteiger partial charge in [-0.05, 0) is 31.4 Å². The van der Waals surface area contributed by atoms with Gasteiger partial charge in [-0.15, -0.1) is 0 Å². The van der Waals surface area contributed by atoms with Gasteiger partial charge in [0.2, 0.25) is 0 Å². The van der Waals surface area contributed by atoms with Crippen molar-refractivity contribution in [2.24, 2.45) is 5.92 Å². The largest absolute Gasteiger partial charge is 0.350 e. The van der Waals surface area contributed by atoms with Crippen molar-refractivity contribution in [2.75, 3.05) is 0 Å². The van der Waals surface area contributed by atoms with Crippen LogP contribution in [0.2, 0.25) is 5.15 Å². The molecule has 1 atom stereocenters. The maximum absolute atomic E-state index is 11.9. The highest BCUT2D eigenvalue weighted by atomic mass is 35.5. The number of nitrogens with one attached hydrogen (secondary N) is 1. The summed E-state index contributed by atoms with van der Waals surface area (Å²) in [5, 5.41) is 3.37. The molecule has 0 bridgehead atoms. The summed E-state index contributed by atoms with van der Waals surface area (Å²) >= 11 is 5.68. The van der Waals surface area contributed by atoms with E-state index in [1.807, 2.05) is 6.92 Å². The normalized spacial score (nSPS) is 12.5. The lowest BCUT2D eigenvalue weighted by Gasteiger charge is -2.14. The molecule has 18 heavy (non-hydrogen) atoms. The minimum absolute atomic E-state index is 0.0868. The average Bonchev–Trinajstić information content (AvgIpc) is 2.29. The van der Waals surface area contributed by atoms with Gasteiger partial charge in [0.15, 0.2) is 0 Å². The Kier molecular flexibility index (Phi) is 6.13. The molecule has 1 aromatic rings. The Balaban J connectivity index is 2.37. The first-order valence-electron chi connectivity index (χ1n) is 6.41. The number of aromatic nitrogens is 1. The Hall–Kier alpha value is -1.09. The van der Waals surface area contributed by atoms with Crippen LogP contribution in [0.15, 0.2) is 18.3 Å². The molecule has 0 radical (unpaired) electrons. The van der Waals surface area contributed by atoms with E-state index in [9.17, 15) is 4.79 Å². The van der Waals surface area contributed by atoms with E-state index in [1.165, 1.54) is 12.6 Å². The van der Waals surface area contributed by atoms with E-state index in [4.69, 9.17) is 11.6 Å². The van der Waals surface area contributed by atoms with Crippen molar-refractivity contribution in [1.29, 1.82) is 0 Å². The number of rotatable bonds is 6. The smallest absolute Gasteiger partial charge is 0.253 e.